The highest BCUT2D eigenvalue weighted by Crippen LogP contribution is 2.09. The fourth-order valence-electron chi connectivity index (χ4n) is 4.60. The smallest absolute Gasteiger partial charge is 0.326 e. The van der Waals surface area contributed by atoms with Crippen LogP contribution in [0.3, 0.4) is 0 Å². The molecule has 0 spiro atoms. The van der Waals surface area contributed by atoms with Gasteiger partial charge in [0, 0.05) is 19.4 Å². The third-order valence-corrected chi connectivity index (χ3v) is 7.23. The van der Waals surface area contributed by atoms with Gasteiger partial charge in [-0.1, -0.05) is 13.8 Å². The van der Waals surface area contributed by atoms with Gasteiger partial charge in [0.2, 0.25) is 35.4 Å². The number of carbonyl (C=O) groups is 10. The molecular formula is C30H50N10O14. The Labute approximate surface area is 308 Å². The number of nitrogens with one attached hydrogen (secondary N) is 5. The summed E-state index contributed by atoms with van der Waals surface area (Å²) in [5.74, 6) is -13.1. The highest BCUT2D eigenvalue weighted by molar-refractivity contribution is 5.98. The molecule has 0 heterocycles. The van der Waals surface area contributed by atoms with Gasteiger partial charge in [-0.2, -0.15) is 0 Å². The second-order valence-electron chi connectivity index (χ2n) is 12.5. The lowest BCUT2D eigenvalue weighted by atomic mass is 10.0. The van der Waals surface area contributed by atoms with Gasteiger partial charge >= 0.3 is 23.9 Å². The van der Waals surface area contributed by atoms with Gasteiger partial charge in [0.25, 0.3) is 0 Å². The number of carbonyl (C=O) groups excluding carboxylic acids is 6. The number of carboxylic acids is 4. The van der Waals surface area contributed by atoms with E-state index < -0.39 is 134 Å². The van der Waals surface area contributed by atoms with E-state index in [1.807, 2.05) is 0 Å². The van der Waals surface area contributed by atoms with E-state index in [1.165, 1.54) is 0 Å². The maximum absolute atomic E-state index is 13.4. The Morgan fingerprint density at radius 1 is 0.556 bits per heavy atom. The van der Waals surface area contributed by atoms with Crippen molar-refractivity contribution >= 4 is 65.3 Å². The minimum Gasteiger partial charge on any atom is -0.481 e. The van der Waals surface area contributed by atoms with Gasteiger partial charge in [-0.15, -0.1) is 0 Å². The van der Waals surface area contributed by atoms with Crippen LogP contribution in [0.1, 0.15) is 71.6 Å². The van der Waals surface area contributed by atoms with Crippen molar-refractivity contribution in [3.05, 3.63) is 0 Å². The predicted molar refractivity (Wildman–Crippen MR) is 184 cm³/mol. The standard InChI is InChI=1S/C30H50N10O14/c1-13(2)10-19(29(53)54)40-27(51)17(6-8-22(44)45)37-26(50)16(5-7-21(42)43)38-28(52)18(12-23(46)47)39-25(49)15(4-3-9-35-30(33)34)36-24(48)14(31)11-20(32)41/h13-19H,3-12,31H2,1-2H3,(H2,32,41)(H,36,48)(H,37,50)(H,38,52)(H,39,49)(H,40,51)(H,42,43)(H,44,45)(H,46,47)(H,53,54)(H4,33,34,35)/t14-,15+,16+,17+,18+,19+/m0/s1. The van der Waals surface area contributed by atoms with Gasteiger partial charge in [0.1, 0.15) is 30.2 Å². The molecule has 17 N–H and O–H groups in total. The first kappa shape index (κ1) is 47.9. The van der Waals surface area contributed by atoms with E-state index in [9.17, 15) is 68.4 Å². The third-order valence-electron chi connectivity index (χ3n) is 7.23. The second kappa shape index (κ2) is 24.2. The molecule has 0 aliphatic heterocycles. The van der Waals surface area contributed by atoms with Gasteiger partial charge in [-0.05, 0) is 38.0 Å². The second-order valence-corrected chi connectivity index (χ2v) is 12.5. The first-order valence-corrected chi connectivity index (χ1v) is 16.5. The van der Waals surface area contributed by atoms with Gasteiger partial charge < -0.3 is 69.9 Å². The summed E-state index contributed by atoms with van der Waals surface area (Å²) in [5.41, 5.74) is 21.3. The molecule has 0 aliphatic carbocycles. The summed E-state index contributed by atoms with van der Waals surface area (Å²) in [6.45, 7) is 3.32. The summed E-state index contributed by atoms with van der Waals surface area (Å²) in [5, 5.41) is 48.3. The molecule has 24 nitrogen and oxygen atoms in total. The van der Waals surface area contributed by atoms with Crippen molar-refractivity contribution in [2.24, 2.45) is 33.8 Å². The van der Waals surface area contributed by atoms with Crippen LogP contribution < -0.4 is 49.5 Å². The van der Waals surface area contributed by atoms with Crippen molar-refractivity contribution in [3.8, 4) is 0 Å². The molecule has 0 rings (SSSR count). The maximum Gasteiger partial charge on any atom is 0.326 e. The van der Waals surface area contributed by atoms with Gasteiger partial charge in [0.05, 0.1) is 18.9 Å². The SMILES string of the molecule is CC(C)C[C@@H](NC(=O)[C@@H](CCC(=O)O)NC(=O)[C@@H](CCC(=O)O)NC(=O)[C@@H](CC(=O)O)NC(=O)[C@@H](CCCN=C(N)N)NC(=O)[C@@H](N)CC(N)=O)C(=O)O. The minimum atomic E-state index is -1.97. The summed E-state index contributed by atoms with van der Waals surface area (Å²) < 4.78 is 0. The Balaban J connectivity index is 6.38. The molecule has 0 aromatic rings. The summed E-state index contributed by atoms with van der Waals surface area (Å²) in [6, 6.07) is -9.91. The van der Waals surface area contributed by atoms with Crippen molar-refractivity contribution in [1.29, 1.82) is 0 Å². The fourth-order valence-corrected chi connectivity index (χ4v) is 4.60. The largest absolute Gasteiger partial charge is 0.481 e. The molecule has 0 radical (unpaired) electrons. The van der Waals surface area contributed by atoms with Crippen LogP contribution in [0, 0.1) is 5.92 Å². The number of rotatable bonds is 27. The number of amides is 6. The van der Waals surface area contributed by atoms with Crippen LogP contribution in [0.4, 0.5) is 0 Å². The number of aliphatic imine (C=N–C) groups is 1. The van der Waals surface area contributed by atoms with E-state index in [4.69, 9.17) is 22.9 Å². The number of nitrogens with zero attached hydrogens (tertiary/aromatic N) is 1. The van der Waals surface area contributed by atoms with Gasteiger partial charge in [-0.3, -0.25) is 48.1 Å². The third kappa shape index (κ3) is 20.7. The first-order chi connectivity index (χ1) is 25.0. The molecule has 304 valence electrons. The lowest BCUT2D eigenvalue weighted by Gasteiger charge is -2.26. The summed E-state index contributed by atoms with van der Waals surface area (Å²) in [7, 11) is 0. The molecule has 6 amide bonds. The molecule has 6 atom stereocenters. The fraction of sp³-hybridized carbons (Fsp3) is 0.633. The zero-order valence-corrected chi connectivity index (χ0v) is 29.7. The van der Waals surface area contributed by atoms with E-state index in [0.717, 1.165) is 0 Å². The molecule has 0 aliphatic rings. The van der Waals surface area contributed by atoms with E-state index in [2.05, 4.69) is 31.6 Å². The van der Waals surface area contributed by atoms with Crippen molar-refractivity contribution < 1.29 is 68.4 Å². The quantitative estimate of drug-likeness (QED) is 0.0211. The molecule has 0 saturated carbocycles. The predicted octanol–water partition coefficient (Wildman–Crippen LogP) is -5.00. The average molecular weight is 775 g/mol. The number of nitrogens with two attached hydrogens (primary N) is 4. The minimum absolute atomic E-state index is 0.0321. The van der Waals surface area contributed by atoms with Crippen LogP contribution in [0.5, 0.6) is 0 Å². The average Bonchev–Trinajstić information content (AvgIpc) is 3.03. The lowest BCUT2D eigenvalue weighted by molar-refractivity contribution is -0.143. The van der Waals surface area contributed by atoms with Crippen LogP contribution in [0.15, 0.2) is 4.99 Å². The molecular weight excluding hydrogens is 724 g/mol. The van der Waals surface area contributed by atoms with Crippen molar-refractivity contribution in [3.63, 3.8) is 0 Å². The van der Waals surface area contributed by atoms with Crippen molar-refractivity contribution in [2.75, 3.05) is 6.54 Å². The maximum atomic E-state index is 13.4. The van der Waals surface area contributed by atoms with E-state index in [0.29, 0.717) is 0 Å². The van der Waals surface area contributed by atoms with Crippen molar-refractivity contribution in [1.82, 2.24) is 26.6 Å². The Morgan fingerprint density at radius 2 is 0.963 bits per heavy atom. The molecule has 0 bridgehead atoms. The number of guanidine groups is 1. The van der Waals surface area contributed by atoms with Crippen LogP contribution in [-0.4, -0.2) is 129 Å². The first-order valence-electron chi connectivity index (χ1n) is 16.5. The molecule has 0 fully saturated rings. The topological polar surface area (TPSA) is 428 Å². The van der Waals surface area contributed by atoms with E-state index in [-0.39, 0.29) is 37.7 Å². The van der Waals surface area contributed by atoms with E-state index in [1.54, 1.807) is 13.8 Å². The van der Waals surface area contributed by atoms with Crippen LogP contribution in [0.25, 0.3) is 0 Å². The van der Waals surface area contributed by atoms with Crippen molar-refractivity contribution in [2.45, 2.75) is 108 Å². The highest BCUT2D eigenvalue weighted by atomic mass is 16.4. The lowest BCUT2D eigenvalue weighted by Crippen LogP contribution is -2.59. The Bertz CT molecular complexity index is 1420. The number of hydrogen-bond acceptors (Lipinski definition) is 12. The van der Waals surface area contributed by atoms with Crippen LogP contribution in [-0.2, 0) is 47.9 Å². The Kier molecular flexibility index (Phi) is 21.5. The molecule has 0 unspecified atom stereocenters. The number of primary amides is 1. The van der Waals surface area contributed by atoms with Crippen LogP contribution >= 0.6 is 0 Å². The molecule has 0 aromatic carbocycles. The van der Waals surface area contributed by atoms with Gasteiger partial charge in [0.15, 0.2) is 5.96 Å². The Morgan fingerprint density at radius 3 is 1.35 bits per heavy atom. The molecule has 0 aromatic heterocycles. The highest BCUT2D eigenvalue weighted by Gasteiger charge is 2.34. The zero-order chi connectivity index (χ0) is 41.7. The van der Waals surface area contributed by atoms with Gasteiger partial charge in [-0.25, -0.2) is 4.79 Å². The number of aliphatic carboxylic acids is 4. The summed E-state index contributed by atoms with van der Waals surface area (Å²) >= 11 is 0. The zero-order valence-electron chi connectivity index (χ0n) is 29.7. The number of carboxylic acid groups (broad SMARTS) is 4. The summed E-state index contributed by atoms with van der Waals surface area (Å²) in [6.07, 6.45) is -4.54. The monoisotopic (exact) mass is 774 g/mol. The normalized spacial score (nSPS) is 14.1. The van der Waals surface area contributed by atoms with E-state index >= 15 is 0 Å². The van der Waals surface area contributed by atoms with Crippen LogP contribution in [0.2, 0.25) is 0 Å². The Hall–Kier alpha value is -6.07. The molecule has 24 heteroatoms. The molecule has 0 saturated heterocycles. The molecule has 54 heavy (non-hydrogen) atoms. The summed E-state index contributed by atoms with van der Waals surface area (Å²) in [4.78, 5) is 127. The number of hydrogen-bond donors (Lipinski definition) is 13.